The van der Waals surface area contributed by atoms with E-state index < -0.39 is 0 Å². The van der Waals surface area contributed by atoms with Crippen LogP contribution in [0.1, 0.15) is 15.9 Å². The number of benzene rings is 3. The van der Waals surface area contributed by atoms with E-state index in [0.29, 0.717) is 39.2 Å². The van der Waals surface area contributed by atoms with E-state index in [2.05, 4.69) is 20.7 Å². The Bertz CT molecular complexity index is 1240. The lowest BCUT2D eigenvalue weighted by atomic mass is 10.1. The van der Waals surface area contributed by atoms with Crippen LogP contribution in [-0.2, 0) is 0 Å². The number of hydrogen-bond acceptors (Lipinski definition) is 6. The van der Waals surface area contributed by atoms with E-state index >= 15 is 0 Å². The summed E-state index contributed by atoms with van der Waals surface area (Å²) in [6.45, 7) is 0. The molecule has 0 atom stereocenters. The van der Waals surface area contributed by atoms with Gasteiger partial charge in [0.25, 0.3) is 11.8 Å². The summed E-state index contributed by atoms with van der Waals surface area (Å²) in [4.78, 5) is 12.3. The Hall–Kier alpha value is -3.97. The average molecular weight is 433 g/mol. The third kappa shape index (κ3) is 4.79. The molecule has 1 aromatic heterocycles. The first-order valence-corrected chi connectivity index (χ1v) is 9.68. The van der Waals surface area contributed by atoms with Gasteiger partial charge in [-0.2, -0.15) is 5.10 Å². The maximum atomic E-state index is 12.3. The molecule has 31 heavy (non-hydrogen) atoms. The second-order valence-corrected chi connectivity index (χ2v) is 6.88. The molecule has 1 amide bonds. The Morgan fingerprint density at radius 1 is 1.03 bits per heavy atom. The number of aromatic nitrogens is 2. The van der Waals surface area contributed by atoms with Crippen molar-refractivity contribution in [3.05, 3.63) is 88.9 Å². The van der Waals surface area contributed by atoms with Crippen molar-refractivity contribution < 1.29 is 13.9 Å². The van der Waals surface area contributed by atoms with Crippen molar-refractivity contribution in [2.75, 3.05) is 7.11 Å². The lowest BCUT2D eigenvalue weighted by Crippen LogP contribution is -2.17. The molecule has 4 aromatic rings. The molecule has 0 saturated heterocycles. The standard InChI is InChI=1S/C23H17ClN4O3/c1-30-20-8-3-2-7-19(20)23-28-27-22(31-23)17-11-9-16(10-12-17)21(29)26-25-14-15-5-4-6-18(24)13-15/h2-14H,1H3,(H,26,29)/b25-14+. The molecule has 1 heterocycles. The van der Waals surface area contributed by atoms with Crippen LogP contribution in [0.25, 0.3) is 22.9 Å². The molecular weight excluding hydrogens is 416 g/mol. The largest absolute Gasteiger partial charge is 0.496 e. The van der Waals surface area contributed by atoms with Crippen LogP contribution in [0.4, 0.5) is 0 Å². The zero-order chi connectivity index (χ0) is 21.6. The molecule has 8 heteroatoms. The zero-order valence-corrected chi connectivity index (χ0v) is 17.2. The van der Waals surface area contributed by atoms with Gasteiger partial charge in [-0.15, -0.1) is 10.2 Å². The van der Waals surface area contributed by atoms with Crippen molar-refractivity contribution in [2.45, 2.75) is 0 Å². The van der Waals surface area contributed by atoms with Crippen LogP contribution in [0.15, 0.2) is 82.3 Å². The molecule has 154 valence electrons. The Labute approximate surface area is 183 Å². The lowest BCUT2D eigenvalue weighted by Gasteiger charge is -2.03. The first-order valence-electron chi connectivity index (χ1n) is 9.30. The number of halogens is 1. The summed E-state index contributed by atoms with van der Waals surface area (Å²) < 4.78 is 11.1. The molecule has 3 aromatic carbocycles. The Kier molecular flexibility index (Phi) is 6.05. The van der Waals surface area contributed by atoms with Crippen LogP contribution in [0.3, 0.4) is 0 Å². The van der Waals surface area contributed by atoms with E-state index in [1.54, 1.807) is 49.6 Å². The molecule has 7 nitrogen and oxygen atoms in total. The quantitative estimate of drug-likeness (QED) is 0.348. The first kappa shape index (κ1) is 20.3. The highest BCUT2D eigenvalue weighted by atomic mass is 35.5. The highest BCUT2D eigenvalue weighted by Crippen LogP contribution is 2.30. The van der Waals surface area contributed by atoms with Gasteiger partial charge >= 0.3 is 0 Å². The van der Waals surface area contributed by atoms with Crippen molar-refractivity contribution in [1.29, 1.82) is 0 Å². The summed E-state index contributed by atoms with van der Waals surface area (Å²) in [6.07, 6.45) is 1.52. The second kappa shape index (κ2) is 9.23. The number of amides is 1. The third-order valence-corrected chi connectivity index (χ3v) is 4.62. The fourth-order valence-corrected chi connectivity index (χ4v) is 3.05. The minimum Gasteiger partial charge on any atom is -0.496 e. The topological polar surface area (TPSA) is 89.6 Å². The Balaban J connectivity index is 1.45. The zero-order valence-electron chi connectivity index (χ0n) is 16.4. The number of rotatable bonds is 6. The molecule has 0 bridgehead atoms. The summed E-state index contributed by atoms with van der Waals surface area (Å²) >= 11 is 5.93. The summed E-state index contributed by atoms with van der Waals surface area (Å²) in [6, 6.07) is 21.3. The molecule has 0 aliphatic heterocycles. The Morgan fingerprint density at radius 2 is 1.81 bits per heavy atom. The minimum absolute atomic E-state index is 0.340. The minimum atomic E-state index is -0.343. The lowest BCUT2D eigenvalue weighted by molar-refractivity contribution is 0.0955. The van der Waals surface area contributed by atoms with Gasteiger partial charge in [0, 0.05) is 16.1 Å². The number of carbonyl (C=O) groups excluding carboxylic acids is 1. The molecule has 0 unspecified atom stereocenters. The molecule has 0 aliphatic rings. The molecule has 0 fully saturated rings. The van der Waals surface area contributed by atoms with E-state index in [1.807, 2.05) is 30.3 Å². The summed E-state index contributed by atoms with van der Waals surface area (Å²) in [5.74, 6) is 0.990. The van der Waals surface area contributed by atoms with E-state index in [1.165, 1.54) is 6.21 Å². The molecule has 0 aliphatic carbocycles. The van der Waals surface area contributed by atoms with E-state index in [-0.39, 0.29) is 5.91 Å². The predicted octanol–water partition coefficient (Wildman–Crippen LogP) is 4.83. The fraction of sp³-hybridized carbons (Fsp3) is 0.0435. The number of para-hydroxylation sites is 1. The SMILES string of the molecule is COc1ccccc1-c1nnc(-c2ccc(C(=O)N/N=C/c3cccc(Cl)c3)cc2)o1. The molecule has 0 saturated carbocycles. The van der Waals surface area contributed by atoms with Crippen LogP contribution in [-0.4, -0.2) is 29.4 Å². The van der Waals surface area contributed by atoms with Gasteiger partial charge in [-0.05, 0) is 54.1 Å². The van der Waals surface area contributed by atoms with Gasteiger partial charge in [0.1, 0.15) is 5.75 Å². The van der Waals surface area contributed by atoms with E-state index in [9.17, 15) is 4.79 Å². The first-order chi connectivity index (χ1) is 15.1. The molecule has 0 spiro atoms. The molecular formula is C23H17ClN4O3. The van der Waals surface area contributed by atoms with Gasteiger partial charge < -0.3 is 9.15 Å². The summed E-state index contributed by atoms with van der Waals surface area (Å²) in [5, 5.41) is 12.8. The van der Waals surface area contributed by atoms with Crippen molar-refractivity contribution >= 4 is 23.7 Å². The number of hydrogen-bond donors (Lipinski definition) is 1. The van der Waals surface area contributed by atoms with Gasteiger partial charge in [0.15, 0.2) is 0 Å². The summed E-state index contributed by atoms with van der Waals surface area (Å²) in [5.41, 5.74) is 5.10. The van der Waals surface area contributed by atoms with Crippen molar-refractivity contribution in [3.63, 3.8) is 0 Å². The predicted molar refractivity (Wildman–Crippen MR) is 118 cm³/mol. The van der Waals surface area contributed by atoms with Crippen molar-refractivity contribution in [1.82, 2.24) is 15.6 Å². The second-order valence-electron chi connectivity index (χ2n) is 6.44. The molecule has 0 radical (unpaired) electrons. The van der Waals surface area contributed by atoms with Crippen LogP contribution in [0, 0.1) is 0 Å². The van der Waals surface area contributed by atoms with Gasteiger partial charge in [-0.1, -0.05) is 35.9 Å². The van der Waals surface area contributed by atoms with Gasteiger partial charge in [-0.25, -0.2) is 5.43 Å². The molecule has 1 N–H and O–H groups in total. The van der Waals surface area contributed by atoms with Crippen molar-refractivity contribution in [3.8, 4) is 28.7 Å². The number of nitrogens with zero attached hydrogens (tertiary/aromatic N) is 3. The maximum Gasteiger partial charge on any atom is 0.271 e. The fourth-order valence-electron chi connectivity index (χ4n) is 2.85. The van der Waals surface area contributed by atoms with Crippen LogP contribution in [0.5, 0.6) is 5.75 Å². The average Bonchev–Trinajstić information content (AvgIpc) is 3.29. The van der Waals surface area contributed by atoms with E-state index in [4.69, 9.17) is 20.8 Å². The number of ether oxygens (including phenoxy) is 1. The van der Waals surface area contributed by atoms with Crippen molar-refractivity contribution in [2.24, 2.45) is 5.10 Å². The van der Waals surface area contributed by atoms with Crippen LogP contribution >= 0.6 is 11.6 Å². The number of carbonyl (C=O) groups is 1. The van der Waals surface area contributed by atoms with Crippen LogP contribution < -0.4 is 10.2 Å². The van der Waals surface area contributed by atoms with Crippen LogP contribution in [0.2, 0.25) is 5.02 Å². The normalized spacial score (nSPS) is 10.9. The van der Waals surface area contributed by atoms with E-state index in [0.717, 1.165) is 5.56 Å². The Morgan fingerprint density at radius 3 is 2.58 bits per heavy atom. The number of nitrogens with one attached hydrogen (secondary N) is 1. The number of hydrazone groups is 1. The summed E-state index contributed by atoms with van der Waals surface area (Å²) in [7, 11) is 1.58. The smallest absolute Gasteiger partial charge is 0.271 e. The van der Waals surface area contributed by atoms with Gasteiger partial charge in [0.05, 0.1) is 18.9 Å². The highest BCUT2D eigenvalue weighted by molar-refractivity contribution is 6.30. The third-order valence-electron chi connectivity index (χ3n) is 4.38. The number of methoxy groups -OCH3 is 1. The monoisotopic (exact) mass is 432 g/mol. The maximum absolute atomic E-state index is 12.3. The van der Waals surface area contributed by atoms with Gasteiger partial charge in [0.2, 0.25) is 5.89 Å². The van der Waals surface area contributed by atoms with Gasteiger partial charge in [-0.3, -0.25) is 4.79 Å². The highest BCUT2D eigenvalue weighted by Gasteiger charge is 2.14. The molecule has 4 rings (SSSR count).